The molecule has 0 aromatic carbocycles. The Morgan fingerprint density at radius 1 is 1.56 bits per heavy atom. The second kappa shape index (κ2) is 3.30. The number of rotatable bonds is 1. The number of aromatic nitrogens is 2. The first-order valence-corrected chi connectivity index (χ1v) is 4.20. The smallest absolute Gasteiger partial charge is 0.341 e. The Balaban J connectivity index is 2.98. The number of hydrogen-bond acceptors (Lipinski definition) is 4. The standard InChI is InChI=1S/C9H6FN3O3/c10-4-1-5-7(14)6(9(15)16)3-13(11)8(5)12-2-4/h1-3H,11H2,(H,15,16). The van der Waals surface area contributed by atoms with Crippen LogP contribution in [0.3, 0.4) is 0 Å². The van der Waals surface area contributed by atoms with Crippen LogP contribution in [0.4, 0.5) is 4.39 Å². The van der Waals surface area contributed by atoms with Crippen molar-refractivity contribution in [2.75, 3.05) is 5.84 Å². The van der Waals surface area contributed by atoms with Crippen LogP contribution in [0, 0.1) is 5.82 Å². The van der Waals surface area contributed by atoms with Crippen molar-refractivity contribution in [2.45, 2.75) is 0 Å². The fourth-order valence-corrected chi connectivity index (χ4v) is 1.36. The van der Waals surface area contributed by atoms with Gasteiger partial charge in [0, 0.05) is 6.20 Å². The Morgan fingerprint density at radius 2 is 2.25 bits per heavy atom. The fraction of sp³-hybridized carbons (Fsp3) is 0. The highest BCUT2D eigenvalue weighted by atomic mass is 19.1. The van der Waals surface area contributed by atoms with Crippen LogP contribution in [0.1, 0.15) is 10.4 Å². The van der Waals surface area contributed by atoms with Gasteiger partial charge >= 0.3 is 5.97 Å². The van der Waals surface area contributed by atoms with Crippen molar-refractivity contribution >= 4 is 17.0 Å². The molecule has 0 fully saturated rings. The van der Waals surface area contributed by atoms with Crippen LogP contribution >= 0.6 is 0 Å². The van der Waals surface area contributed by atoms with Crippen molar-refractivity contribution in [3.8, 4) is 0 Å². The zero-order valence-corrected chi connectivity index (χ0v) is 7.85. The quantitative estimate of drug-likeness (QED) is 0.660. The lowest BCUT2D eigenvalue weighted by Crippen LogP contribution is -2.22. The SMILES string of the molecule is Nn1cc(C(=O)O)c(=O)c2cc(F)cnc21. The van der Waals surface area contributed by atoms with Gasteiger partial charge < -0.3 is 10.9 Å². The normalized spacial score (nSPS) is 10.6. The minimum Gasteiger partial charge on any atom is -0.477 e. The number of carboxylic acid groups (broad SMARTS) is 1. The number of pyridine rings is 2. The molecule has 0 aliphatic rings. The van der Waals surface area contributed by atoms with Gasteiger partial charge in [0.1, 0.15) is 11.4 Å². The third-order valence-corrected chi connectivity index (χ3v) is 2.07. The van der Waals surface area contributed by atoms with E-state index >= 15 is 0 Å². The molecule has 0 atom stereocenters. The van der Waals surface area contributed by atoms with Gasteiger partial charge in [-0.1, -0.05) is 0 Å². The molecule has 6 nitrogen and oxygen atoms in total. The van der Waals surface area contributed by atoms with Crippen LogP contribution in [0.15, 0.2) is 23.3 Å². The number of halogens is 1. The van der Waals surface area contributed by atoms with Crippen LogP contribution in [0.25, 0.3) is 11.0 Å². The van der Waals surface area contributed by atoms with Gasteiger partial charge in [-0.05, 0) is 6.07 Å². The first kappa shape index (κ1) is 10.1. The molecular weight excluding hydrogens is 217 g/mol. The van der Waals surface area contributed by atoms with E-state index in [1.165, 1.54) is 0 Å². The lowest BCUT2D eigenvalue weighted by molar-refractivity contribution is 0.0695. The zero-order chi connectivity index (χ0) is 11.9. The molecule has 0 saturated carbocycles. The highest BCUT2D eigenvalue weighted by molar-refractivity contribution is 5.91. The van der Waals surface area contributed by atoms with Crippen molar-refractivity contribution in [2.24, 2.45) is 0 Å². The van der Waals surface area contributed by atoms with E-state index in [4.69, 9.17) is 10.9 Å². The number of hydrogen-bond donors (Lipinski definition) is 2. The van der Waals surface area contributed by atoms with Crippen LogP contribution in [0.2, 0.25) is 0 Å². The van der Waals surface area contributed by atoms with Gasteiger partial charge in [-0.2, -0.15) is 0 Å². The number of aromatic carboxylic acids is 1. The third-order valence-electron chi connectivity index (χ3n) is 2.07. The Kier molecular flexibility index (Phi) is 2.08. The molecule has 2 aromatic heterocycles. The largest absolute Gasteiger partial charge is 0.477 e. The molecule has 0 unspecified atom stereocenters. The van der Waals surface area contributed by atoms with Crippen LogP contribution in [0.5, 0.6) is 0 Å². The minimum atomic E-state index is -1.42. The molecule has 0 radical (unpaired) electrons. The number of carbonyl (C=O) groups is 1. The van der Waals surface area contributed by atoms with Gasteiger partial charge in [-0.15, -0.1) is 0 Å². The van der Waals surface area contributed by atoms with E-state index in [0.717, 1.165) is 23.1 Å². The number of nitrogen functional groups attached to an aromatic ring is 1. The molecule has 0 bridgehead atoms. The van der Waals surface area contributed by atoms with Gasteiger partial charge in [0.15, 0.2) is 5.65 Å². The molecule has 0 saturated heterocycles. The molecule has 0 amide bonds. The second-order valence-corrected chi connectivity index (χ2v) is 3.11. The van der Waals surface area contributed by atoms with Crippen LogP contribution in [-0.4, -0.2) is 20.7 Å². The fourth-order valence-electron chi connectivity index (χ4n) is 1.36. The Labute approximate surface area is 87.7 Å². The van der Waals surface area contributed by atoms with Gasteiger partial charge in [0.05, 0.1) is 11.6 Å². The first-order valence-electron chi connectivity index (χ1n) is 4.20. The maximum atomic E-state index is 12.9. The van der Waals surface area contributed by atoms with Gasteiger partial charge in [0.25, 0.3) is 0 Å². The van der Waals surface area contributed by atoms with Crippen molar-refractivity contribution in [1.29, 1.82) is 0 Å². The highest BCUT2D eigenvalue weighted by Gasteiger charge is 2.14. The molecule has 0 aliphatic carbocycles. The van der Waals surface area contributed by atoms with E-state index in [0.29, 0.717) is 0 Å². The molecule has 3 N–H and O–H groups in total. The summed E-state index contributed by atoms with van der Waals surface area (Å²) in [5.74, 6) is 3.29. The van der Waals surface area contributed by atoms with Gasteiger partial charge in [-0.25, -0.2) is 14.2 Å². The lowest BCUT2D eigenvalue weighted by Gasteiger charge is -2.05. The number of nitrogens with two attached hydrogens (primary N) is 1. The van der Waals surface area contributed by atoms with E-state index in [1.54, 1.807) is 0 Å². The van der Waals surface area contributed by atoms with Crippen molar-refractivity contribution in [3.05, 3.63) is 40.1 Å². The minimum absolute atomic E-state index is 0.0244. The predicted octanol–water partition coefficient (Wildman–Crippen LogP) is -0.0524. The summed E-state index contributed by atoms with van der Waals surface area (Å²) >= 11 is 0. The summed E-state index contributed by atoms with van der Waals surface area (Å²) in [5, 5.41) is 8.57. The molecule has 0 aliphatic heterocycles. The van der Waals surface area contributed by atoms with Crippen molar-refractivity contribution in [1.82, 2.24) is 9.66 Å². The van der Waals surface area contributed by atoms with E-state index < -0.39 is 22.8 Å². The summed E-state index contributed by atoms with van der Waals surface area (Å²) in [6.07, 6.45) is 1.84. The Morgan fingerprint density at radius 3 is 2.88 bits per heavy atom. The molecule has 2 rings (SSSR count). The van der Waals surface area contributed by atoms with Gasteiger partial charge in [0.2, 0.25) is 5.43 Å². The summed E-state index contributed by atoms with van der Waals surface area (Å²) < 4.78 is 13.8. The van der Waals surface area contributed by atoms with Crippen LogP contribution in [-0.2, 0) is 0 Å². The zero-order valence-electron chi connectivity index (χ0n) is 7.85. The predicted molar refractivity (Wildman–Crippen MR) is 53.1 cm³/mol. The van der Waals surface area contributed by atoms with Crippen molar-refractivity contribution in [3.63, 3.8) is 0 Å². The monoisotopic (exact) mass is 223 g/mol. The summed E-state index contributed by atoms with van der Waals surface area (Å²) in [6, 6.07) is 0.903. The number of carboxylic acids is 1. The lowest BCUT2D eigenvalue weighted by atomic mass is 10.2. The molecule has 2 heterocycles. The number of nitrogens with zero attached hydrogens (tertiary/aromatic N) is 2. The highest BCUT2D eigenvalue weighted by Crippen LogP contribution is 2.08. The third kappa shape index (κ3) is 1.38. The second-order valence-electron chi connectivity index (χ2n) is 3.11. The summed E-state index contributed by atoms with van der Waals surface area (Å²) in [5.41, 5.74) is -1.31. The molecule has 7 heteroatoms. The average Bonchev–Trinajstić information content (AvgIpc) is 2.22. The summed E-state index contributed by atoms with van der Waals surface area (Å²) in [4.78, 5) is 25.9. The molecule has 2 aromatic rings. The molecule has 16 heavy (non-hydrogen) atoms. The first-order chi connectivity index (χ1) is 7.50. The number of fused-ring (bicyclic) bond motifs is 1. The van der Waals surface area contributed by atoms with Gasteiger partial charge in [-0.3, -0.25) is 9.47 Å². The van der Waals surface area contributed by atoms with E-state index in [-0.39, 0.29) is 11.0 Å². The summed E-state index contributed by atoms with van der Waals surface area (Å²) in [7, 11) is 0. The molecule has 82 valence electrons. The van der Waals surface area contributed by atoms with E-state index in [9.17, 15) is 14.0 Å². The Bertz CT molecular complexity index is 650. The topological polar surface area (TPSA) is 98.2 Å². The maximum Gasteiger partial charge on any atom is 0.341 e. The van der Waals surface area contributed by atoms with E-state index in [2.05, 4.69) is 4.98 Å². The van der Waals surface area contributed by atoms with E-state index in [1.807, 2.05) is 0 Å². The Hall–Kier alpha value is -2.44. The van der Waals surface area contributed by atoms with Crippen molar-refractivity contribution < 1.29 is 14.3 Å². The summed E-state index contributed by atoms with van der Waals surface area (Å²) in [6.45, 7) is 0. The molecular formula is C9H6FN3O3. The average molecular weight is 223 g/mol. The van der Waals surface area contributed by atoms with Crippen LogP contribution < -0.4 is 11.3 Å². The molecule has 0 spiro atoms. The maximum absolute atomic E-state index is 12.9.